The highest BCUT2D eigenvalue weighted by atomic mass is 32.2. The molecule has 1 N–H and O–H groups in total. The predicted octanol–water partition coefficient (Wildman–Crippen LogP) is 3.53. The minimum absolute atomic E-state index is 0.125. The van der Waals surface area contributed by atoms with Crippen LogP contribution in [0.4, 0.5) is 13.2 Å². The van der Waals surface area contributed by atoms with Crippen molar-refractivity contribution in [3.8, 4) is 28.5 Å². The fourth-order valence-electron chi connectivity index (χ4n) is 2.56. The number of H-pyrrole nitrogens is 1. The van der Waals surface area contributed by atoms with Crippen LogP contribution >= 0.6 is 0 Å². The number of esters is 1. The lowest BCUT2D eigenvalue weighted by Gasteiger charge is -2.12. The number of nitrogens with one attached hydrogen (secondary N) is 1. The Morgan fingerprint density at radius 3 is 2.42 bits per heavy atom. The molecule has 0 saturated heterocycles. The summed E-state index contributed by atoms with van der Waals surface area (Å²) >= 11 is 0. The third kappa shape index (κ3) is 5.08. The zero-order valence-corrected chi connectivity index (χ0v) is 17.4. The van der Waals surface area contributed by atoms with Gasteiger partial charge in [0.25, 0.3) is 0 Å². The molecule has 31 heavy (non-hydrogen) atoms. The molecular formula is C19H17F3N4O4S. The summed E-state index contributed by atoms with van der Waals surface area (Å²) in [5.41, 5.74) is 1.31. The van der Waals surface area contributed by atoms with Crippen molar-refractivity contribution in [3.05, 3.63) is 42.5 Å². The minimum Gasteiger partial charge on any atom is -0.400 e. The number of aromatic amines is 1. The highest BCUT2D eigenvalue weighted by molar-refractivity contribution is 7.90. The Morgan fingerprint density at radius 1 is 1.13 bits per heavy atom. The zero-order valence-electron chi connectivity index (χ0n) is 16.6. The number of pyridine rings is 2. The highest BCUT2D eigenvalue weighted by Gasteiger charge is 2.42. The maximum Gasteiger partial charge on any atom is 0.491 e. The average Bonchev–Trinajstić information content (AvgIpc) is 3.17. The molecule has 8 nitrogen and oxygen atoms in total. The van der Waals surface area contributed by atoms with E-state index in [1.54, 1.807) is 6.20 Å². The lowest BCUT2D eigenvalue weighted by atomic mass is 10.1. The third-order valence-electron chi connectivity index (χ3n) is 4.21. The van der Waals surface area contributed by atoms with Crippen molar-refractivity contribution in [1.29, 1.82) is 0 Å². The molecule has 0 aliphatic rings. The Balaban J connectivity index is 2.12. The second kappa shape index (κ2) is 8.10. The van der Waals surface area contributed by atoms with Gasteiger partial charge in [0, 0.05) is 36.1 Å². The van der Waals surface area contributed by atoms with Crippen molar-refractivity contribution in [2.75, 3.05) is 6.26 Å². The fraction of sp³-hybridized carbons (Fsp3) is 0.263. The second-order valence-corrected chi connectivity index (χ2v) is 8.97. The van der Waals surface area contributed by atoms with E-state index >= 15 is 0 Å². The van der Waals surface area contributed by atoms with E-state index in [2.05, 4.69) is 24.7 Å². The number of nitrogens with zero attached hydrogens (tertiary/aromatic N) is 3. The van der Waals surface area contributed by atoms with E-state index in [-0.39, 0.29) is 21.9 Å². The Labute approximate surface area is 175 Å². The van der Waals surface area contributed by atoms with Crippen LogP contribution in [0.5, 0.6) is 5.88 Å². The van der Waals surface area contributed by atoms with Gasteiger partial charge in [0.1, 0.15) is 5.69 Å². The van der Waals surface area contributed by atoms with Crippen molar-refractivity contribution in [2.24, 2.45) is 0 Å². The number of rotatable bonds is 5. The van der Waals surface area contributed by atoms with E-state index in [0.29, 0.717) is 11.5 Å². The number of ether oxygens (including phenoxy) is 1. The van der Waals surface area contributed by atoms with Gasteiger partial charge in [0.15, 0.2) is 15.7 Å². The number of carbonyl (C=O) groups excluding carboxylic acids is 1. The SMILES string of the molecule is CC(C)c1cnc(-c2cc(-c3cc(S(C)(=O)=O)cnc3OC(=O)C(F)(F)F)ccn2)[nH]1. The van der Waals surface area contributed by atoms with Crippen LogP contribution in [0.25, 0.3) is 22.6 Å². The number of hydrogen-bond acceptors (Lipinski definition) is 7. The van der Waals surface area contributed by atoms with Gasteiger partial charge in [-0.05, 0) is 29.7 Å². The van der Waals surface area contributed by atoms with Gasteiger partial charge < -0.3 is 9.72 Å². The molecule has 164 valence electrons. The smallest absolute Gasteiger partial charge is 0.400 e. The Morgan fingerprint density at radius 2 is 1.84 bits per heavy atom. The van der Waals surface area contributed by atoms with Crippen LogP contribution < -0.4 is 4.74 Å². The normalized spacial score (nSPS) is 12.2. The molecule has 0 aromatic carbocycles. The molecule has 0 aliphatic carbocycles. The summed E-state index contributed by atoms with van der Waals surface area (Å²) in [6.07, 6.45) is -0.508. The molecule has 3 aromatic heterocycles. The van der Waals surface area contributed by atoms with Crippen molar-refractivity contribution >= 4 is 15.8 Å². The lowest BCUT2D eigenvalue weighted by molar-refractivity contribution is -0.189. The molecule has 0 saturated carbocycles. The van der Waals surface area contributed by atoms with Crippen molar-refractivity contribution in [3.63, 3.8) is 0 Å². The Hall–Kier alpha value is -3.28. The first-order chi connectivity index (χ1) is 14.4. The van der Waals surface area contributed by atoms with Gasteiger partial charge in [-0.2, -0.15) is 13.2 Å². The minimum atomic E-state index is -5.25. The van der Waals surface area contributed by atoms with Gasteiger partial charge >= 0.3 is 12.1 Å². The molecule has 0 radical (unpaired) electrons. The molecule has 3 heterocycles. The fourth-order valence-corrected chi connectivity index (χ4v) is 3.13. The van der Waals surface area contributed by atoms with E-state index < -0.39 is 27.9 Å². The third-order valence-corrected chi connectivity index (χ3v) is 5.29. The van der Waals surface area contributed by atoms with Crippen molar-refractivity contribution in [2.45, 2.75) is 30.8 Å². The van der Waals surface area contributed by atoms with Gasteiger partial charge in [-0.1, -0.05) is 13.8 Å². The summed E-state index contributed by atoms with van der Waals surface area (Å²) in [6, 6.07) is 3.98. The van der Waals surface area contributed by atoms with Crippen molar-refractivity contribution < 1.29 is 31.1 Å². The van der Waals surface area contributed by atoms with E-state index in [9.17, 15) is 26.4 Å². The number of imidazole rings is 1. The monoisotopic (exact) mass is 454 g/mol. The Bertz CT molecular complexity index is 1240. The van der Waals surface area contributed by atoms with Crippen LogP contribution in [0.1, 0.15) is 25.5 Å². The molecule has 3 aromatic rings. The number of aromatic nitrogens is 4. The van der Waals surface area contributed by atoms with E-state index in [1.165, 1.54) is 18.3 Å². The Kier molecular flexibility index (Phi) is 5.85. The maximum atomic E-state index is 12.7. The molecule has 0 amide bonds. The van der Waals surface area contributed by atoms with Crippen LogP contribution in [-0.2, 0) is 14.6 Å². The molecule has 0 unspecified atom stereocenters. The van der Waals surface area contributed by atoms with E-state index in [1.807, 2.05) is 13.8 Å². The first kappa shape index (κ1) is 22.4. The summed E-state index contributed by atoms with van der Waals surface area (Å²) < 4.78 is 66.2. The quantitative estimate of drug-likeness (QED) is 0.587. The van der Waals surface area contributed by atoms with Crippen molar-refractivity contribution in [1.82, 2.24) is 19.9 Å². The summed E-state index contributed by atoms with van der Waals surface area (Å²) in [7, 11) is -3.73. The largest absolute Gasteiger partial charge is 0.491 e. The lowest BCUT2D eigenvalue weighted by Crippen LogP contribution is -2.28. The molecule has 0 spiro atoms. The van der Waals surface area contributed by atoms with Gasteiger partial charge in [-0.15, -0.1) is 0 Å². The van der Waals surface area contributed by atoms with Gasteiger partial charge in [-0.25, -0.2) is 23.2 Å². The molecule has 0 bridgehead atoms. The molecule has 0 aliphatic heterocycles. The predicted molar refractivity (Wildman–Crippen MR) is 104 cm³/mol. The number of halogens is 3. The summed E-state index contributed by atoms with van der Waals surface area (Å²) in [4.78, 5) is 26.2. The van der Waals surface area contributed by atoms with Crippen LogP contribution in [-0.4, -0.2) is 46.8 Å². The van der Waals surface area contributed by atoms with E-state index in [4.69, 9.17) is 0 Å². The first-order valence-electron chi connectivity index (χ1n) is 8.87. The zero-order chi connectivity index (χ0) is 23.0. The maximum absolute atomic E-state index is 12.7. The standard InChI is InChI=1S/C19H17F3N4O4S/c1-10(2)15-9-24-16(26-15)14-6-11(4-5-23-14)13-7-12(31(3,28)29)8-25-17(13)30-18(27)19(20,21)22/h4-10H,1-3H3,(H,24,26). The number of alkyl halides is 3. The molecule has 3 rings (SSSR count). The average molecular weight is 454 g/mol. The van der Waals surface area contributed by atoms with Gasteiger partial charge in [-0.3, -0.25) is 4.98 Å². The topological polar surface area (TPSA) is 115 Å². The molecule has 0 fully saturated rings. The highest BCUT2D eigenvalue weighted by Crippen LogP contribution is 2.33. The number of carbonyl (C=O) groups is 1. The second-order valence-electron chi connectivity index (χ2n) is 6.95. The van der Waals surface area contributed by atoms with Crippen LogP contribution in [0, 0.1) is 0 Å². The van der Waals surface area contributed by atoms with Gasteiger partial charge in [0.2, 0.25) is 5.88 Å². The summed E-state index contributed by atoms with van der Waals surface area (Å²) in [6.45, 7) is 3.93. The number of sulfone groups is 1. The summed E-state index contributed by atoms with van der Waals surface area (Å²) in [5, 5.41) is 0. The van der Waals surface area contributed by atoms with Gasteiger partial charge in [0.05, 0.1) is 4.90 Å². The van der Waals surface area contributed by atoms with Crippen LogP contribution in [0.3, 0.4) is 0 Å². The molecular weight excluding hydrogens is 437 g/mol. The molecule has 12 heteroatoms. The summed E-state index contributed by atoms with van der Waals surface area (Å²) in [5.74, 6) is -2.58. The van der Waals surface area contributed by atoms with E-state index in [0.717, 1.165) is 24.2 Å². The number of hydrogen-bond donors (Lipinski definition) is 1. The van der Waals surface area contributed by atoms with Crippen LogP contribution in [0.15, 0.2) is 41.7 Å². The molecule has 0 atom stereocenters. The van der Waals surface area contributed by atoms with Crippen LogP contribution in [0.2, 0.25) is 0 Å². The first-order valence-corrected chi connectivity index (χ1v) is 10.8.